The molecule has 0 aliphatic carbocycles. The van der Waals surface area contributed by atoms with Gasteiger partial charge < -0.3 is 10.2 Å². The number of piperazine rings is 1. The fraction of sp³-hybridized carbons (Fsp3) is 0.650. The summed E-state index contributed by atoms with van der Waals surface area (Å²) in [6, 6.07) is 6.51. The van der Waals surface area contributed by atoms with Crippen molar-refractivity contribution in [1.82, 2.24) is 9.21 Å². The van der Waals surface area contributed by atoms with Crippen molar-refractivity contribution in [2.45, 2.75) is 57.3 Å². The van der Waals surface area contributed by atoms with E-state index in [0.29, 0.717) is 25.2 Å². The SMILES string of the molecule is CCCCCCCC(=O)Nc1ccc(S(=O)(=O)N2CCN(CC)CC2)cc1. The molecule has 0 spiro atoms. The van der Waals surface area contributed by atoms with Gasteiger partial charge in [0.2, 0.25) is 15.9 Å². The normalized spacial score (nSPS) is 16.4. The van der Waals surface area contributed by atoms with Crippen LogP contribution >= 0.6 is 0 Å². The minimum atomic E-state index is -3.47. The highest BCUT2D eigenvalue weighted by molar-refractivity contribution is 7.89. The molecule has 1 fully saturated rings. The van der Waals surface area contributed by atoms with Crippen LogP contribution in [0.3, 0.4) is 0 Å². The lowest BCUT2D eigenvalue weighted by atomic mass is 10.1. The van der Waals surface area contributed by atoms with Gasteiger partial charge in [0, 0.05) is 38.3 Å². The second kappa shape index (κ2) is 10.8. The lowest BCUT2D eigenvalue weighted by molar-refractivity contribution is -0.116. The molecule has 1 aromatic carbocycles. The lowest BCUT2D eigenvalue weighted by Gasteiger charge is -2.33. The molecule has 1 saturated heterocycles. The molecule has 1 aromatic rings. The van der Waals surface area contributed by atoms with Crippen LogP contribution < -0.4 is 5.32 Å². The van der Waals surface area contributed by atoms with Crippen LogP contribution in [0.5, 0.6) is 0 Å². The maximum absolute atomic E-state index is 12.8. The van der Waals surface area contributed by atoms with Crippen molar-refractivity contribution in [2.24, 2.45) is 0 Å². The largest absolute Gasteiger partial charge is 0.326 e. The number of benzene rings is 1. The second-order valence-electron chi connectivity index (χ2n) is 7.08. The summed E-state index contributed by atoms with van der Waals surface area (Å²) in [5.41, 5.74) is 0.642. The Hall–Kier alpha value is -1.44. The number of amides is 1. The van der Waals surface area contributed by atoms with Gasteiger partial charge >= 0.3 is 0 Å². The van der Waals surface area contributed by atoms with Crippen LogP contribution in [0, 0.1) is 0 Å². The number of hydrogen-bond donors (Lipinski definition) is 1. The van der Waals surface area contributed by atoms with Gasteiger partial charge in [-0.3, -0.25) is 4.79 Å². The summed E-state index contributed by atoms with van der Waals surface area (Å²) in [6.45, 7) is 7.77. The molecule has 7 heteroatoms. The first-order valence-electron chi connectivity index (χ1n) is 10.1. The number of likely N-dealkylation sites (N-methyl/N-ethyl adjacent to an activating group) is 1. The molecule has 0 radical (unpaired) electrons. The molecule has 1 aliphatic rings. The number of anilines is 1. The summed E-state index contributed by atoms with van der Waals surface area (Å²) in [4.78, 5) is 14.5. The van der Waals surface area contributed by atoms with Crippen LogP contribution in [0.25, 0.3) is 0 Å². The molecule has 1 aliphatic heterocycles. The molecular formula is C20H33N3O3S. The van der Waals surface area contributed by atoms with Crippen LogP contribution in [-0.4, -0.2) is 56.3 Å². The Morgan fingerprint density at radius 1 is 0.963 bits per heavy atom. The molecule has 0 unspecified atom stereocenters. The monoisotopic (exact) mass is 395 g/mol. The Kier molecular flexibility index (Phi) is 8.73. The van der Waals surface area contributed by atoms with E-state index in [-0.39, 0.29) is 10.8 Å². The molecule has 0 saturated carbocycles. The van der Waals surface area contributed by atoms with Crippen LogP contribution in [0.4, 0.5) is 5.69 Å². The van der Waals surface area contributed by atoms with E-state index in [0.717, 1.165) is 32.5 Å². The van der Waals surface area contributed by atoms with Gasteiger partial charge in [-0.05, 0) is 37.2 Å². The summed E-state index contributed by atoms with van der Waals surface area (Å²) >= 11 is 0. The van der Waals surface area contributed by atoms with E-state index in [4.69, 9.17) is 0 Å². The fourth-order valence-corrected chi connectivity index (χ4v) is 4.68. The zero-order valence-corrected chi connectivity index (χ0v) is 17.4. The Balaban J connectivity index is 1.86. The average Bonchev–Trinajstić information content (AvgIpc) is 2.68. The van der Waals surface area contributed by atoms with Crippen molar-refractivity contribution in [2.75, 3.05) is 38.0 Å². The number of rotatable bonds is 10. The van der Waals surface area contributed by atoms with Crippen LogP contribution in [0.15, 0.2) is 29.2 Å². The summed E-state index contributed by atoms with van der Waals surface area (Å²) in [5.74, 6) is -0.0159. The highest BCUT2D eigenvalue weighted by Gasteiger charge is 2.27. The predicted molar refractivity (Wildman–Crippen MR) is 109 cm³/mol. The summed E-state index contributed by atoms with van der Waals surface area (Å²) < 4.78 is 27.1. The second-order valence-corrected chi connectivity index (χ2v) is 9.01. The van der Waals surface area contributed by atoms with E-state index >= 15 is 0 Å². The van der Waals surface area contributed by atoms with Gasteiger partial charge in [-0.25, -0.2) is 8.42 Å². The smallest absolute Gasteiger partial charge is 0.243 e. The van der Waals surface area contributed by atoms with E-state index in [2.05, 4.69) is 24.1 Å². The molecular weight excluding hydrogens is 362 g/mol. The lowest BCUT2D eigenvalue weighted by Crippen LogP contribution is -2.48. The summed E-state index contributed by atoms with van der Waals surface area (Å²) in [7, 11) is -3.47. The number of hydrogen-bond acceptors (Lipinski definition) is 4. The molecule has 152 valence electrons. The van der Waals surface area contributed by atoms with Crippen LogP contribution in [0.1, 0.15) is 52.4 Å². The first-order chi connectivity index (χ1) is 13.0. The molecule has 2 rings (SSSR count). The third-order valence-corrected chi connectivity index (χ3v) is 6.97. The highest BCUT2D eigenvalue weighted by Crippen LogP contribution is 2.20. The molecule has 1 N–H and O–H groups in total. The Bertz CT molecular complexity index is 681. The molecule has 0 aromatic heterocycles. The fourth-order valence-electron chi connectivity index (χ4n) is 3.26. The minimum absolute atomic E-state index is 0.0159. The zero-order chi connectivity index (χ0) is 19.7. The van der Waals surface area contributed by atoms with Crippen molar-refractivity contribution in [3.63, 3.8) is 0 Å². The number of sulfonamides is 1. The Labute approximate surface area is 164 Å². The maximum Gasteiger partial charge on any atom is 0.243 e. The molecule has 1 heterocycles. The summed E-state index contributed by atoms with van der Waals surface area (Å²) in [5, 5.41) is 2.85. The van der Waals surface area contributed by atoms with Gasteiger partial charge in [-0.1, -0.05) is 39.5 Å². The maximum atomic E-state index is 12.8. The van der Waals surface area contributed by atoms with Crippen molar-refractivity contribution >= 4 is 21.6 Å². The van der Waals surface area contributed by atoms with Crippen molar-refractivity contribution in [1.29, 1.82) is 0 Å². The minimum Gasteiger partial charge on any atom is -0.326 e. The van der Waals surface area contributed by atoms with Gasteiger partial charge in [0.25, 0.3) is 0 Å². The standard InChI is InChI=1S/C20H33N3O3S/c1-3-5-6-7-8-9-20(24)21-18-10-12-19(13-11-18)27(25,26)23-16-14-22(4-2)15-17-23/h10-13H,3-9,14-17H2,1-2H3,(H,21,24). The van der Waals surface area contributed by atoms with E-state index in [1.54, 1.807) is 28.6 Å². The van der Waals surface area contributed by atoms with Gasteiger partial charge in [0.05, 0.1) is 4.90 Å². The molecule has 0 atom stereocenters. The molecule has 6 nitrogen and oxygen atoms in total. The third-order valence-electron chi connectivity index (χ3n) is 5.06. The van der Waals surface area contributed by atoms with E-state index in [9.17, 15) is 13.2 Å². The first-order valence-corrected chi connectivity index (χ1v) is 11.5. The third kappa shape index (κ3) is 6.59. The van der Waals surface area contributed by atoms with Gasteiger partial charge in [0.15, 0.2) is 0 Å². The number of carbonyl (C=O) groups excluding carboxylic acids is 1. The molecule has 1 amide bonds. The van der Waals surface area contributed by atoms with Gasteiger partial charge in [-0.15, -0.1) is 0 Å². The molecule has 27 heavy (non-hydrogen) atoms. The van der Waals surface area contributed by atoms with E-state index < -0.39 is 10.0 Å². The number of nitrogens with zero attached hydrogens (tertiary/aromatic N) is 2. The number of carbonyl (C=O) groups is 1. The number of unbranched alkanes of at least 4 members (excludes halogenated alkanes) is 4. The van der Waals surface area contributed by atoms with Gasteiger partial charge in [0.1, 0.15) is 0 Å². The van der Waals surface area contributed by atoms with E-state index in [1.807, 2.05) is 0 Å². The van der Waals surface area contributed by atoms with Crippen LogP contribution in [-0.2, 0) is 14.8 Å². The zero-order valence-electron chi connectivity index (χ0n) is 16.6. The van der Waals surface area contributed by atoms with Gasteiger partial charge in [-0.2, -0.15) is 4.31 Å². The molecule has 0 bridgehead atoms. The highest BCUT2D eigenvalue weighted by atomic mass is 32.2. The Morgan fingerprint density at radius 3 is 2.19 bits per heavy atom. The van der Waals surface area contributed by atoms with E-state index in [1.165, 1.54) is 19.3 Å². The van der Waals surface area contributed by atoms with Crippen LogP contribution in [0.2, 0.25) is 0 Å². The number of nitrogens with one attached hydrogen (secondary N) is 1. The topological polar surface area (TPSA) is 69.7 Å². The van der Waals surface area contributed by atoms with Crippen molar-refractivity contribution in [3.8, 4) is 0 Å². The van der Waals surface area contributed by atoms with Crippen molar-refractivity contribution < 1.29 is 13.2 Å². The quantitative estimate of drug-likeness (QED) is 0.617. The van der Waals surface area contributed by atoms with Crippen molar-refractivity contribution in [3.05, 3.63) is 24.3 Å². The average molecular weight is 396 g/mol. The predicted octanol–water partition coefficient (Wildman–Crippen LogP) is 3.31. The Morgan fingerprint density at radius 2 is 1.59 bits per heavy atom. The summed E-state index contributed by atoms with van der Waals surface area (Å²) in [6.07, 6.45) is 6.04. The first kappa shape index (κ1) is 21.9.